The second-order valence-corrected chi connectivity index (χ2v) is 6.67. The average Bonchev–Trinajstić information content (AvgIpc) is 2.98. The molecule has 26 heavy (non-hydrogen) atoms. The summed E-state index contributed by atoms with van der Waals surface area (Å²) in [6, 6.07) is 6.67. The number of carboxylic acids is 1. The van der Waals surface area contributed by atoms with Crippen LogP contribution in [0, 0.1) is 0 Å². The Morgan fingerprint density at radius 1 is 1.31 bits per heavy atom. The van der Waals surface area contributed by atoms with Gasteiger partial charge in [0.15, 0.2) is 5.69 Å². The highest BCUT2D eigenvalue weighted by Gasteiger charge is 2.36. The number of alkyl halides is 3. The summed E-state index contributed by atoms with van der Waals surface area (Å²) in [6.45, 7) is 2.11. The van der Waals surface area contributed by atoms with Gasteiger partial charge in [0.25, 0.3) is 0 Å². The van der Waals surface area contributed by atoms with Crippen molar-refractivity contribution in [2.24, 2.45) is 7.05 Å². The van der Waals surface area contributed by atoms with Crippen molar-refractivity contribution in [2.45, 2.75) is 31.5 Å². The summed E-state index contributed by atoms with van der Waals surface area (Å²) in [7, 11) is 1.60. The molecule has 1 aromatic heterocycles. The molecule has 140 valence electrons. The van der Waals surface area contributed by atoms with Crippen molar-refractivity contribution in [1.29, 1.82) is 0 Å². The van der Waals surface area contributed by atoms with Gasteiger partial charge in [0, 0.05) is 32.3 Å². The molecule has 2 aromatic rings. The predicted molar refractivity (Wildman–Crippen MR) is 88.9 cm³/mol. The maximum absolute atomic E-state index is 12.9. The van der Waals surface area contributed by atoms with E-state index in [1.807, 2.05) is 0 Å². The minimum absolute atomic E-state index is 0.0526. The quantitative estimate of drug-likeness (QED) is 0.898. The number of aromatic carboxylic acids is 1. The summed E-state index contributed by atoms with van der Waals surface area (Å²) in [6.07, 6.45) is -1.71. The van der Waals surface area contributed by atoms with E-state index in [2.05, 4.69) is 9.88 Å². The third-order valence-corrected chi connectivity index (χ3v) is 4.68. The van der Waals surface area contributed by atoms with Crippen molar-refractivity contribution in [2.75, 3.05) is 13.1 Å². The lowest BCUT2D eigenvalue weighted by Gasteiger charge is -2.32. The van der Waals surface area contributed by atoms with E-state index in [-0.39, 0.29) is 11.5 Å². The van der Waals surface area contributed by atoms with E-state index < -0.39 is 17.8 Å². The van der Waals surface area contributed by atoms with Crippen LogP contribution in [-0.4, -0.2) is 38.6 Å². The molecule has 0 spiro atoms. The van der Waals surface area contributed by atoms with Crippen LogP contribution in [0.4, 0.5) is 13.2 Å². The van der Waals surface area contributed by atoms with Crippen LogP contribution < -0.4 is 0 Å². The molecule has 0 aliphatic carbocycles. The number of aryl methyl sites for hydroxylation is 1. The van der Waals surface area contributed by atoms with Gasteiger partial charge in [-0.3, -0.25) is 4.90 Å². The summed E-state index contributed by atoms with van der Waals surface area (Å²) in [5, 5.41) is 8.94. The largest absolute Gasteiger partial charge is 0.478 e. The second kappa shape index (κ2) is 7.11. The van der Waals surface area contributed by atoms with E-state index in [9.17, 15) is 18.0 Å². The smallest absolute Gasteiger partial charge is 0.434 e. The average molecular weight is 367 g/mol. The third-order valence-electron chi connectivity index (χ3n) is 4.68. The van der Waals surface area contributed by atoms with Gasteiger partial charge in [-0.15, -0.1) is 0 Å². The lowest BCUT2D eigenvalue weighted by molar-refractivity contribution is -0.141. The predicted octanol–water partition coefficient (Wildman–Crippen LogP) is 3.52. The zero-order valence-corrected chi connectivity index (χ0v) is 14.3. The second-order valence-electron chi connectivity index (χ2n) is 6.67. The molecule has 1 N–H and O–H groups in total. The van der Waals surface area contributed by atoms with Crippen molar-refractivity contribution in [1.82, 2.24) is 14.5 Å². The van der Waals surface area contributed by atoms with Crippen molar-refractivity contribution in [3.8, 4) is 0 Å². The Morgan fingerprint density at radius 2 is 2.00 bits per heavy atom. The summed E-state index contributed by atoms with van der Waals surface area (Å²) in [4.78, 5) is 16.9. The molecule has 0 amide bonds. The Hall–Kier alpha value is -2.35. The van der Waals surface area contributed by atoms with Crippen molar-refractivity contribution in [3.63, 3.8) is 0 Å². The Morgan fingerprint density at radius 3 is 2.58 bits per heavy atom. The number of hydrogen-bond acceptors (Lipinski definition) is 3. The number of carbonyl (C=O) groups is 1. The molecule has 1 aliphatic rings. The maximum Gasteiger partial charge on any atom is 0.434 e. The first-order chi connectivity index (χ1) is 12.2. The number of hydrogen-bond donors (Lipinski definition) is 1. The van der Waals surface area contributed by atoms with Crippen LogP contribution >= 0.6 is 0 Å². The van der Waals surface area contributed by atoms with Gasteiger partial charge in [0.05, 0.1) is 5.56 Å². The molecule has 1 unspecified atom stereocenters. The molecule has 1 aromatic carbocycles. The fraction of sp³-hybridized carbons (Fsp3) is 0.444. The molecule has 3 rings (SSSR count). The lowest BCUT2D eigenvalue weighted by Crippen LogP contribution is -2.34. The number of aromatic nitrogens is 2. The number of rotatable bonds is 4. The normalized spacial score (nSPS) is 18.8. The minimum atomic E-state index is -4.43. The Labute approximate surface area is 149 Å². The molecule has 1 atom stereocenters. The number of nitrogens with zero attached hydrogens (tertiary/aromatic N) is 3. The van der Waals surface area contributed by atoms with Crippen LogP contribution in [0.2, 0.25) is 0 Å². The number of benzene rings is 1. The van der Waals surface area contributed by atoms with Crippen molar-refractivity contribution in [3.05, 3.63) is 53.1 Å². The fourth-order valence-corrected chi connectivity index (χ4v) is 3.42. The van der Waals surface area contributed by atoms with E-state index in [0.29, 0.717) is 18.9 Å². The first kappa shape index (κ1) is 18.4. The van der Waals surface area contributed by atoms with E-state index >= 15 is 0 Å². The van der Waals surface area contributed by atoms with E-state index in [1.165, 1.54) is 4.57 Å². The molecule has 8 heteroatoms. The summed E-state index contributed by atoms with van der Waals surface area (Å²) >= 11 is 0. The van der Waals surface area contributed by atoms with Crippen LogP contribution in [0.1, 0.15) is 46.2 Å². The molecular weight excluding hydrogens is 347 g/mol. The number of imidazole rings is 1. The Kier molecular flexibility index (Phi) is 5.04. The molecule has 1 saturated heterocycles. The van der Waals surface area contributed by atoms with Crippen LogP contribution in [0.5, 0.6) is 0 Å². The van der Waals surface area contributed by atoms with Crippen LogP contribution in [-0.2, 0) is 19.8 Å². The third kappa shape index (κ3) is 4.07. The Bertz CT molecular complexity index is 784. The molecule has 0 bridgehead atoms. The van der Waals surface area contributed by atoms with Gasteiger partial charge in [0.2, 0.25) is 0 Å². The fourth-order valence-electron chi connectivity index (χ4n) is 3.42. The van der Waals surface area contributed by atoms with Gasteiger partial charge in [-0.2, -0.15) is 13.2 Å². The van der Waals surface area contributed by atoms with Gasteiger partial charge in [0.1, 0.15) is 5.82 Å². The van der Waals surface area contributed by atoms with Crippen LogP contribution in [0.25, 0.3) is 0 Å². The number of carboxylic acid groups (broad SMARTS) is 1. The van der Waals surface area contributed by atoms with Crippen molar-refractivity contribution < 1.29 is 23.1 Å². The first-order valence-corrected chi connectivity index (χ1v) is 8.39. The monoisotopic (exact) mass is 367 g/mol. The molecule has 1 aliphatic heterocycles. The highest BCUT2D eigenvalue weighted by molar-refractivity contribution is 5.87. The molecule has 5 nitrogen and oxygen atoms in total. The zero-order chi connectivity index (χ0) is 18.9. The summed E-state index contributed by atoms with van der Waals surface area (Å²) in [5.74, 6) is -0.559. The molecular formula is C18H20F3N3O2. The maximum atomic E-state index is 12.9. The molecule has 0 radical (unpaired) electrons. The SMILES string of the molecule is Cn1cc(C(F)(F)F)nc1C1CCCN(Cc2ccc(C(=O)O)cc2)C1. The lowest BCUT2D eigenvalue weighted by atomic mass is 9.96. The van der Waals surface area contributed by atoms with E-state index in [0.717, 1.165) is 31.1 Å². The standard InChI is InChI=1S/C18H20F3N3O2/c1-23-11-15(18(19,20)21)22-16(23)14-3-2-8-24(10-14)9-12-4-6-13(7-5-12)17(25)26/h4-7,11,14H,2-3,8-10H2,1H3,(H,25,26). The van der Waals surface area contributed by atoms with Gasteiger partial charge < -0.3 is 9.67 Å². The van der Waals surface area contributed by atoms with Gasteiger partial charge in [-0.25, -0.2) is 9.78 Å². The number of likely N-dealkylation sites (tertiary alicyclic amines) is 1. The van der Waals surface area contributed by atoms with Crippen molar-refractivity contribution >= 4 is 5.97 Å². The molecule has 0 saturated carbocycles. The van der Waals surface area contributed by atoms with Crippen LogP contribution in [0.3, 0.4) is 0 Å². The molecule has 2 heterocycles. The zero-order valence-electron chi connectivity index (χ0n) is 14.3. The van der Waals surface area contributed by atoms with Gasteiger partial charge in [-0.05, 0) is 37.1 Å². The highest BCUT2D eigenvalue weighted by atomic mass is 19.4. The first-order valence-electron chi connectivity index (χ1n) is 8.39. The number of halogens is 3. The van der Waals surface area contributed by atoms with Gasteiger partial charge >= 0.3 is 12.1 Å². The van der Waals surface area contributed by atoms with Crippen LogP contribution in [0.15, 0.2) is 30.5 Å². The van der Waals surface area contributed by atoms with E-state index in [4.69, 9.17) is 5.11 Å². The van der Waals surface area contributed by atoms with Gasteiger partial charge in [-0.1, -0.05) is 12.1 Å². The summed E-state index contributed by atoms with van der Waals surface area (Å²) in [5.41, 5.74) is 0.362. The Balaban J connectivity index is 1.69. The summed E-state index contributed by atoms with van der Waals surface area (Å²) < 4.78 is 40.1. The number of piperidine rings is 1. The topological polar surface area (TPSA) is 58.4 Å². The van der Waals surface area contributed by atoms with E-state index in [1.54, 1.807) is 31.3 Å². The minimum Gasteiger partial charge on any atom is -0.478 e. The molecule has 1 fully saturated rings. The highest BCUT2D eigenvalue weighted by Crippen LogP contribution is 2.32.